The number of rotatable bonds is 3. The number of benzene rings is 1. The van der Waals surface area contributed by atoms with Gasteiger partial charge in [0.2, 0.25) is 10.0 Å². The van der Waals surface area contributed by atoms with Crippen molar-refractivity contribution in [1.29, 1.82) is 0 Å². The number of aryl methyl sites for hydroxylation is 1. The number of ketones is 2. The van der Waals surface area contributed by atoms with E-state index < -0.39 is 15.4 Å². The summed E-state index contributed by atoms with van der Waals surface area (Å²) in [5.41, 5.74) is 2.27. The first-order chi connectivity index (χ1) is 12.3. The van der Waals surface area contributed by atoms with Crippen LogP contribution in [0.15, 0.2) is 40.3 Å². The van der Waals surface area contributed by atoms with Crippen LogP contribution in [0.1, 0.15) is 38.2 Å². The Bertz CT molecular complexity index is 929. The second kappa shape index (κ2) is 5.86. The Hall–Kier alpha value is -1.79. The number of allylic oxidation sites excluding steroid dienone is 1. The first-order valence-electron chi connectivity index (χ1n) is 9.15. The van der Waals surface area contributed by atoms with Gasteiger partial charge in [-0.15, -0.1) is 0 Å². The molecule has 0 amide bonds. The lowest BCUT2D eigenvalue weighted by Crippen LogP contribution is -2.42. The number of carbonyl (C=O) groups excluding carboxylic acids is 2. The molecule has 3 aliphatic rings. The zero-order valence-electron chi connectivity index (χ0n) is 15.1. The number of Topliss-reactive ketones (excluding diaryl/α,β-unsaturated/α-hetero) is 2. The molecule has 26 heavy (non-hydrogen) atoms. The number of nitrogens with zero attached hydrogens (tertiary/aromatic N) is 1. The van der Waals surface area contributed by atoms with Gasteiger partial charge in [0.15, 0.2) is 5.78 Å². The second-order valence-electron chi connectivity index (χ2n) is 7.71. The van der Waals surface area contributed by atoms with E-state index in [1.165, 1.54) is 4.31 Å². The van der Waals surface area contributed by atoms with Crippen LogP contribution in [-0.2, 0) is 19.6 Å². The molecule has 0 N–H and O–H groups in total. The third-order valence-corrected chi connectivity index (χ3v) is 8.14. The normalized spacial score (nSPS) is 29.2. The second-order valence-corrected chi connectivity index (χ2v) is 9.65. The number of carbonyl (C=O) groups is 2. The van der Waals surface area contributed by atoms with Crippen LogP contribution >= 0.6 is 0 Å². The Kier molecular flexibility index (Phi) is 3.97. The average Bonchev–Trinajstić information content (AvgIpc) is 3.08. The van der Waals surface area contributed by atoms with Crippen LogP contribution in [0, 0.1) is 18.3 Å². The topological polar surface area (TPSA) is 71.5 Å². The fourth-order valence-electron chi connectivity index (χ4n) is 4.93. The fraction of sp³-hybridized carbons (Fsp3) is 0.500. The Labute approximate surface area is 154 Å². The predicted molar refractivity (Wildman–Crippen MR) is 97.0 cm³/mol. The largest absolute Gasteiger partial charge is 0.300 e. The van der Waals surface area contributed by atoms with Crippen molar-refractivity contribution in [3.8, 4) is 0 Å². The smallest absolute Gasteiger partial charge is 0.243 e. The van der Waals surface area contributed by atoms with Crippen molar-refractivity contribution >= 4 is 21.6 Å². The van der Waals surface area contributed by atoms with Gasteiger partial charge in [-0.25, -0.2) is 8.42 Å². The highest BCUT2D eigenvalue weighted by atomic mass is 32.2. The van der Waals surface area contributed by atoms with Gasteiger partial charge in [0, 0.05) is 37.3 Å². The summed E-state index contributed by atoms with van der Waals surface area (Å²) in [4.78, 5) is 25.1. The first kappa shape index (κ1) is 17.6. The van der Waals surface area contributed by atoms with Gasteiger partial charge in [0.1, 0.15) is 5.78 Å². The van der Waals surface area contributed by atoms with Crippen molar-refractivity contribution in [3.63, 3.8) is 0 Å². The maximum absolute atomic E-state index is 13.1. The van der Waals surface area contributed by atoms with Crippen molar-refractivity contribution in [2.75, 3.05) is 13.1 Å². The van der Waals surface area contributed by atoms with Gasteiger partial charge >= 0.3 is 0 Å². The fourth-order valence-corrected chi connectivity index (χ4v) is 6.41. The van der Waals surface area contributed by atoms with Crippen molar-refractivity contribution in [3.05, 3.63) is 41.0 Å². The maximum atomic E-state index is 13.1. The number of hydrogen-bond acceptors (Lipinski definition) is 4. The molecule has 1 heterocycles. The van der Waals surface area contributed by atoms with Gasteiger partial charge < -0.3 is 0 Å². The molecule has 0 bridgehead atoms. The molecular weight excluding hydrogens is 350 g/mol. The van der Waals surface area contributed by atoms with Gasteiger partial charge in [-0.1, -0.05) is 24.6 Å². The van der Waals surface area contributed by atoms with Crippen LogP contribution in [0.2, 0.25) is 0 Å². The molecule has 0 aromatic heterocycles. The predicted octanol–water partition coefficient (Wildman–Crippen LogP) is 2.64. The highest BCUT2D eigenvalue weighted by Gasteiger charge is 2.60. The molecule has 1 aromatic rings. The summed E-state index contributed by atoms with van der Waals surface area (Å²) in [5, 5.41) is 0. The minimum absolute atomic E-state index is 0.0722. The zero-order valence-corrected chi connectivity index (χ0v) is 15.9. The SMILES string of the molecule is CCC1=C2CN(S(=O)(=O)c3ccc(C)cc3)C[C@]23CCC(=O)C[C@@H]3C1=O. The van der Waals surface area contributed by atoms with Crippen molar-refractivity contribution in [2.24, 2.45) is 11.3 Å². The zero-order chi connectivity index (χ0) is 18.7. The summed E-state index contributed by atoms with van der Waals surface area (Å²) in [5.74, 6) is -0.180. The third-order valence-electron chi connectivity index (χ3n) is 6.33. The van der Waals surface area contributed by atoms with E-state index in [2.05, 4.69) is 0 Å². The van der Waals surface area contributed by atoms with Crippen molar-refractivity contribution in [2.45, 2.75) is 44.4 Å². The van der Waals surface area contributed by atoms with Gasteiger partial charge in [0.05, 0.1) is 4.90 Å². The molecule has 1 aliphatic heterocycles. The van der Waals surface area contributed by atoms with E-state index in [1.54, 1.807) is 24.3 Å². The number of hydrogen-bond donors (Lipinski definition) is 0. The summed E-state index contributed by atoms with van der Waals surface area (Å²) < 4.78 is 27.8. The molecular formula is C20H23NO4S. The molecule has 2 aliphatic carbocycles. The summed E-state index contributed by atoms with van der Waals surface area (Å²) in [6.07, 6.45) is 1.87. The summed E-state index contributed by atoms with van der Waals surface area (Å²) >= 11 is 0. The lowest BCUT2D eigenvalue weighted by Gasteiger charge is -2.36. The Morgan fingerprint density at radius 1 is 1.19 bits per heavy atom. The van der Waals surface area contributed by atoms with Gasteiger partial charge in [-0.05, 0) is 43.0 Å². The van der Waals surface area contributed by atoms with Crippen LogP contribution in [0.4, 0.5) is 0 Å². The van der Waals surface area contributed by atoms with E-state index in [0.29, 0.717) is 25.8 Å². The quantitative estimate of drug-likeness (QED) is 0.817. The Morgan fingerprint density at radius 3 is 2.54 bits per heavy atom. The van der Waals surface area contributed by atoms with Crippen LogP contribution in [-0.4, -0.2) is 37.4 Å². The van der Waals surface area contributed by atoms with E-state index in [0.717, 1.165) is 16.7 Å². The Balaban J connectivity index is 1.75. The molecule has 6 heteroatoms. The average molecular weight is 373 g/mol. The molecule has 138 valence electrons. The van der Waals surface area contributed by atoms with Gasteiger partial charge in [-0.3, -0.25) is 9.59 Å². The van der Waals surface area contributed by atoms with Crippen molar-refractivity contribution in [1.82, 2.24) is 4.31 Å². The minimum Gasteiger partial charge on any atom is -0.300 e. The molecule has 0 radical (unpaired) electrons. The first-order valence-corrected chi connectivity index (χ1v) is 10.6. The van der Waals surface area contributed by atoms with Crippen LogP contribution in [0.3, 0.4) is 0 Å². The van der Waals surface area contributed by atoms with Crippen LogP contribution in [0.25, 0.3) is 0 Å². The molecule has 2 fully saturated rings. The monoisotopic (exact) mass is 373 g/mol. The van der Waals surface area contributed by atoms with E-state index in [-0.39, 0.29) is 35.3 Å². The molecule has 1 aromatic carbocycles. The maximum Gasteiger partial charge on any atom is 0.243 e. The molecule has 2 atom stereocenters. The lowest BCUT2D eigenvalue weighted by molar-refractivity contribution is -0.131. The van der Waals surface area contributed by atoms with Gasteiger partial charge in [-0.2, -0.15) is 4.31 Å². The van der Waals surface area contributed by atoms with Crippen LogP contribution < -0.4 is 0 Å². The Morgan fingerprint density at radius 2 is 1.88 bits per heavy atom. The summed E-state index contributed by atoms with van der Waals surface area (Å²) in [6.45, 7) is 4.44. The van der Waals surface area contributed by atoms with Gasteiger partial charge in [0.25, 0.3) is 0 Å². The molecule has 1 spiro atoms. The molecule has 1 saturated carbocycles. The standard InChI is InChI=1S/C20H23NO4S/c1-3-16-18-11-21(26(24,25)15-6-4-13(2)5-7-15)12-20(18)9-8-14(22)10-17(20)19(16)23/h4-7,17H,3,8-12H2,1-2H3/t17-,20+/m1/s1. The van der Waals surface area contributed by atoms with Crippen molar-refractivity contribution < 1.29 is 18.0 Å². The van der Waals surface area contributed by atoms with E-state index in [4.69, 9.17) is 0 Å². The van der Waals surface area contributed by atoms with E-state index in [9.17, 15) is 18.0 Å². The molecule has 1 saturated heterocycles. The third kappa shape index (κ3) is 2.35. The van der Waals surface area contributed by atoms with E-state index >= 15 is 0 Å². The van der Waals surface area contributed by atoms with Crippen LogP contribution in [0.5, 0.6) is 0 Å². The highest BCUT2D eigenvalue weighted by Crippen LogP contribution is 2.57. The highest BCUT2D eigenvalue weighted by molar-refractivity contribution is 7.89. The molecule has 5 nitrogen and oxygen atoms in total. The summed E-state index contributed by atoms with van der Waals surface area (Å²) in [7, 11) is -3.61. The molecule has 4 rings (SSSR count). The summed E-state index contributed by atoms with van der Waals surface area (Å²) in [6, 6.07) is 6.87. The van der Waals surface area contributed by atoms with E-state index in [1.807, 2.05) is 13.8 Å². The minimum atomic E-state index is -3.61. The number of sulfonamides is 1. The lowest BCUT2D eigenvalue weighted by atomic mass is 9.66. The molecule has 0 unspecified atom stereocenters.